The number of hydrogen-bond acceptors (Lipinski definition) is 1. The van der Waals surface area contributed by atoms with Crippen molar-refractivity contribution in [2.24, 2.45) is 0 Å². The van der Waals surface area contributed by atoms with Gasteiger partial charge in [-0.05, 0) is 54.7 Å². The molecule has 3 heteroatoms. The van der Waals surface area contributed by atoms with Crippen LogP contribution in [0, 0.1) is 0 Å². The van der Waals surface area contributed by atoms with E-state index in [0.717, 1.165) is 13.8 Å². The average molecular weight is 569 g/mol. The van der Waals surface area contributed by atoms with Gasteiger partial charge in [0, 0.05) is 24.3 Å². The molecule has 0 atom stereocenters. The Bertz CT molecular complexity index is 1140. The van der Waals surface area contributed by atoms with Gasteiger partial charge >= 0.3 is 0 Å². The van der Waals surface area contributed by atoms with Gasteiger partial charge in [-0.15, -0.1) is 0 Å². The van der Waals surface area contributed by atoms with Crippen molar-refractivity contribution in [3.05, 3.63) is 57.6 Å². The van der Waals surface area contributed by atoms with Crippen LogP contribution < -0.4 is 9.83 Å². The highest BCUT2D eigenvalue weighted by Crippen LogP contribution is 2.45. The lowest BCUT2D eigenvalue weighted by Gasteiger charge is -2.33. The Labute approximate surface area is 245 Å². The van der Waals surface area contributed by atoms with Gasteiger partial charge in [-0.2, -0.15) is 0 Å². The lowest BCUT2D eigenvalue weighted by molar-refractivity contribution is 0.501. The molecule has 0 saturated carbocycles. The highest BCUT2D eigenvalue weighted by molar-refractivity contribution is 7.85. The summed E-state index contributed by atoms with van der Waals surface area (Å²) < 4.78 is 6.89. The van der Waals surface area contributed by atoms with E-state index in [1.54, 1.807) is 0 Å². The molecule has 0 unspecified atom stereocenters. The van der Waals surface area contributed by atoms with Crippen LogP contribution in [-0.2, 0) is 32.5 Å². The standard InChI is InChI=1S/C36H58OP2/c1-31(2,3)23-19-25(33(7,8)9)29(26(20-23)34(10,11)12)37-39-38-30-27(35(13,14)15)21-24(32(4,5)6)22-28(30)36(16,17)18/h19-22H,1-18H3. The molecule has 0 N–H and O–H groups in total. The quantitative estimate of drug-likeness (QED) is 0.335. The van der Waals surface area contributed by atoms with Crippen molar-refractivity contribution in [3.63, 3.8) is 0 Å². The zero-order chi connectivity index (χ0) is 30.6. The molecule has 0 amide bonds. The van der Waals surface area contributed by atoms with Crippen LogP contribution in [0.1, 0.15) is 158 Å². The van der Waals surface area contributed by atoms with E-state index in [1.165, 1.54) is 46.6 Å². The van der Waals surface area contributed by atoms with E-state index in [0.29, 0.717) is 0 Å². The number of benzene rings is 2. The molecule has 0 heterocycles. The van der Waals surface area contributed by atoms with Gasteiger partial charge in [0.25, 0.3) is 0 Å². The predicted octanol–water partition coefficient (Wildman–Crippen LogP) is 11.9. The normalized spacial score (nSPS) is 14.3. The molecular formula is C36H58OP2. The largest absolute Gasteiger partial charge is 0.434 e. The van der Waals surface area contributed by atoms with E-state index in [-0.39, 0.29) is 32.5 Å². The third-order valence-corrected chi connectivity index (χ3v) is 9.55. The van der Waals surface area contributed by atoms with Crippen molar-refractivity contribution in [2.45, 2.75) is 157 Å². The summed E-state index contributed by atoms with van der Waals surface area (Å²) >= 11 is 0. The molecule has 2 aromatic carbocycles. The highest BCUT2D eigenvalue weighted by atomic mass is 31.7. The van der Waals surface area contributed by atoms with Crippen LogP contribution in [0.3, 0.4) is 0 Å². The van der Waals surface area contributed by atoms with Crippen LogP contribution in [0.5, 0.6) is 5.75 Å². The SMILES string of the molecule is CC(C)(C)c1cc(C(C)(C)C)c(OP=Pc2c(C(C)(C)C)cc(C(C)(C)C)cc2C(C)(C)C)c(C(C)(C)C)c1. The summed E-state index contributed by atoms with van der Waals surface area (Å²) in [6, 6.07) is 9.73. The molecular weight excluding hydrogens is 510 g/mol. The monoisotopic (exact) mass is 568 g/mol. The molecule has 0 aliphatic rings. The third kappa shape index (κ3) is 8.43. The van der Waals surface area contributed by atoms with Gasteiger partial charge in [-0.3, -0.25) is 0 Å². The smallest absolute Gasteiger partial charge is 0.157 e. The van der Waals surface area contributed by atoms with E-state index in [2.05, 4.69) is 149 Å². The van der Waals surface area contributed by atoms with Gasteiger partial charge in [0.1, 0.15) is 5.75 Å². The summed E-state index contributed by atoms with van der Waals surface area (Å²) in [5, 5.41) is 1.42. The first-order chi connectivity index (χ1) is 17.1. The van der Waals surface area contributed by atoms with Gasteiger partial charge < -0.3 is 4.52 Å². The number of rotatable bonds is 3. The van der Waals surface area contributed by atoms with Gasteiger partial charge in [-0.25, -0.2) is 0 Å². The first-order valence-corrected chi connectivity index (χ1v) is 17.0. The molecule has 0 saturated heterocycles. The van der Waals surface area contributed by atoms with Crippen LogP contribution in [0.25, 0.3) is 0 Å². The maximum atomic E-state index is 6.89. The summed E-state index contributed by atoms with van der Waals surface area (Å²) in [5.41, 5.74) is 8.49. The molecule has 0 aliphatic heterocycles. The van der Waals surface area contributed by atoms with Crippen LogP contribution in [0.15, 0.2) is 24.3 Å². The molecule has 39 heavy (non-hydrogen) atoms. The third-order valence-electron chi connectivity index (χ3n) is 7.44. The summed E-state index contributed by atoms with van der Waals surface area (Å²) in [6.07, 6.45) is 0. The molecule has 2 rings (SSSR count). The number of hydrogen-bond donors (Lipinski definition) is 0. The van der Waals surface area contributed by atoms with Gasteiger partial charge in [-0.1, -0.05) is 149 Å². The molecule has 0 aromatic heterocycles. The highest BCUT2D eigenvalue weighted by Gasteiger charge is 2.31. The van der Waals surface area contributed by atoms with Gasteiger partial charge in [0.2, 0.25) is 0 Å². The van der Waals surface area contributed by atoms with Crippen LogP contribution in [0.2, 0.25) is 0 Å². The summed E-state index contributed by atoms with van der Waals surface area (Å²) in [6.45, 7) is 41.8. The Morgan fingerprint density at radius 3 is 0.949 bits per heavy atom. The molecule has 0 spiro atoms. The van der Waals surface area contributed by atoms with Crippen LogP contribution in [0.4, 0.5) is 0 Å². The molecule has 1 nitrogen and oxygen atoms in total. The maximum absolute atomic E-state index is 6.89. The average Bonchev–Trinajstić information content (AvgIpc) is 2.68. The Morgan fingerprint density at radius 2 is 0.692 bits per heavy atom. The fraction of sp³-hybridized carbons (Fsp3) is 0.667. The van der Waals surface area contributed by atoms with E-state index >= 15 is 0 Å². The minimum absolute atomic E-state index is 0.0233. The molecule has 218 valence electrons. The van der Waals surface area contributed by atoms with Crippen molar-refractivity contribution in [1.82, 2.24) is 0 Å². The van der Waals surface area contributed by atoms with Crippen LogP contribution >= 0.6 is 16.0 Å². The topological polar surface area (TPSA) is 9.23 Å². The maximum Gasteiger partial charge on any atom is 0.157 e. The minimum atomic E-state index is -0.0233. The summed E-state index contributed by atoms with van der Waals surface area (Å²) in [5.74, 6) is 1.07. The molecule has 0 fully saturated rings. The van der Waals surface area contributed by atoms with Gasteiger partial charge in [0.15, 0.2) is 8.09 Å². The lowest BCUT2D eigenvalue weighted by atomic mass is 9.75. The van der Waals surface area contributed by atoms with Gasteiger partial charge in [0.05, 0.1) is 0 Å². The second kappa shape index (κ2) is 10.9. The Kier molecular flexibility index (Phi) is 9.53. The van der Waals surface area contributed by atoms with Crippen molar-refractivity contribution >= 4 is 21.3 Å². The lowest BCUT2D eigenvalue weighted by Crippen LogP contribution is -2.29. The summed E-state index contributed by atoms with van der Waals surface area (Å²) in [7, 11) is 2.15. The van der Waals surface area contributed by atoms with Crippen molar-refractivity contribution in [3.8, 4) is 5.75 Å². The molecule has 0 bridgehead atoms. The Morgan fingerprint density at radius 1 is 0.410 bits per heavy atom. The minimum Gasteiger partial charge on any atom is -0.434 e. The Balaban J connectivity index is 2.86. The fourth-order valence-corrected chi connectivity index (χ4v) is 7.37. The second-order valence-electron chi connectivity index (χ2n) is 17.6. The molecule has 0 radical (unpaired) electrons. The van der Waals surface area contributed by atoms with Crippen molar-refractivity contribution in [2.75, 3.05) is 0 Å². The van der Waals surface area contributed by atoms with Crippen molar-refractivity contribution in [1.29, 1.82) is 0 Å². The first kappa shape index (κ1) is 34.0. The van der Waals surface area contributed by atoms with E-state index < -0.39 is 0 Å². The molecule has 0 aliphatic carbocycles. The van der Waals surface area contributed by atoms with E-state index in [4.69, 9.17) is 4.52 Å². The fourth-order valence-electron chi connectivity index (χ4n) is 4.70. The summed E-state index contributed by atoms with van der Waals surface area (Å²) in [4.78, 5) is 0. The van der Waals surface area contributed by atoms with E-state index in [1.807, 2.05) is 0 Å². The van der Waals surface area contributed by atoms with E-state index in [9.17, 15) is 0 Å². The Hall–Kier alpha value is -1.16. The zero-order valence-corrected chi connectivity index (χ0v) is 30.4. The van der Waals surface area contributed by atoms with Crippen LogP contribution in [-0.4, -0.2) is 0 Å². The second-order valence-corrected chi connectivity index (χ2v) is 19.7. The first-order valence-electron chi connectivity index (χ1n) is 14.6. The molecule has 2 aromatic rings. The predicted molar refractivity (Wildman–Crippen MR) is 179 cm³/mol. The van der Waals surface area contributed by atoms with Crippen molar-refractivity contribution < 1.29 is 4.52 Å². The zero-order valence-electron chi connectivity index (χ0n) is 28.6.